The first-order chi connectivity index (χ1) is 9.75. The third kappa shape index (κ3) is 2.91. The lowest BCUT2D eigenvalue weighted by atomic mass is 9.87. The number of thiophene rings is 1. The van der Waals surface area contributed by atoms with E-state index in [4.69, 9.17) is 0 Å². The van der Waals surface area contributed by atoms with Gasteiger partial charge in [-0.15, -0.1) is 11.3 Å². The Hall–Kier alpha value is -0.870. The molecule has 2 unspecified atom stereocenters. The third-order valence-electron chi connectivity index (χ3n) is 4.95. The zero-order valence-electron chi connectivity index (χ0n) is 12.1. The van der Waals surface area contributed by atoms with E-state index in [1.54, 1.807) is 11.3 Å². The molecule has 2 heterocycles. The molecule has 2 aliphatic rings. The molecule has 3 rings (SSSR count). The molecular formula is C16H24N2OS. The Morgan fingerprint density at radius 2 is 2.10 bits per heavy atom. The quantitative estimate of drug-likeness (QED) is 0.876. The Bertz CT molecular complexity index is 435. The van der Waals surface area contributed by atoms with Crippen molar-refractivity contribution in [3.8, 4) is 0 Å². The molecule has 1 aliphatic carbocycles. The highest BCUT2D eigenvalue weighted by atomic mass is 32.1. The van der Waals surface area contributed by atoms with E-state index in [1.165, 1.54) is 30.6 Å². The van der Waals surface area contributed by atoms with E-state index in [0.29, 0.717) is 11.8 Å². The van der Waals surface area contributed by atoms with Crippen molar-refractivity contribution in [3.63, 3.8) is 0 Å². The van der Waals surface area contributed by atoms with Gasteiger partial charge in [-0.25, -0.2) is 0 Å². The average molecular weight is 292 g/mol. The summed E-state index contributed by atoms with van der Waals surface area (Å²) in [6.07, 6.45) is 5.12. The van der Waals surface area contributed by atoms with Crippen LogP contribution >= 0.6 is 11.3 Å². The lowest BCUT2D eigenvalue weighted by Crippen LogP contribution is -2.50. The summed E-state index contributed by atoms with van der Waals surface area (Å²) in [5, 5.41) is 8.72. The summed E-state index contributed by atoms with van der Waals surface area (Å²) in [5.74, 6) is 1.51. The molecule has 20 heavy (non-hydrogen) atoms. The van der Waals surface area contributed by atoms with Crippen LogP contribution in [0.4, 0.5) is 0 Å². The zero-order chi connectivity index (χ0) is 13.9. The lowest BCUT2D eigenvalue weighted by Gasteiger charge is -2.33. The highest BCUT2D eigenvalue weighted by Crippen LogP contribution is 2.37. The van der Waals surface area contributed by atoms with E-state index >= 15 is 0 Å². The fraction of sp³-hybridized carbons (Fsp3) is 0.688. The zero-order valence-corrected chi connectivity index (χ0v) is 12.9. The molecule has 0 spiro atoms. The molecule has 1 saturated heterocycles. The van der Waals surface area contributed by atoms with Crippen LogP contribution in [0.5, 0.6) is 0 Å². The first-order valence-corrected chi connectivity index (χ1v) is 8.68. The van der Waals surface area contributed by atoms with Gasteiger partial charge < -0.3 is 10.6 Å². The van der Waals surface area contributed by atoms with Gasteiger partial charge in [-0.05, 0) is 49.2 Å². The molecule has 1 aromatic rings. The average Bonchev–Trinajstić information content (AvgIpc) is 3.06. The highest BCUT2D eigenvalue weighted by molar-refractivity contribution is 7.10. The molecule has 0 aromatic carbocycles. The van der Waals surface area contributed by atoms with Gasteiger partial charge in [0.05, 0.1) is 6.04 Å². The molecule has 3 nitrogen and oxygen atoms in total. The lowest BCUT2D eigenvalue weighted by molar-refractivity contribution is -0.127. The molecule has 110 valence electrons. The standard InChI is InChI=1S/C16H24N2OS/c1-11(13-9-17-10-13)16(19)18-15(12-5-2-3-6-12)14-7-4-8-20-14/h4,7-8,11-13,15,17H,2-3,5-6,9-10H2,1H3,(H,18,19). The van der Waals surface area contributed by atoms with E-state index in [2.05, 4.69) is 35.1 Å². The minimum Gasteiger partial charge on any atom is -0.348 e. The predicted octanol–water partition coefficient (Wildman–Crippen LogP) is 2.95. The van der Waals surface area contributed by atoms with E-state index in [-0.39, 0.29) is 17.9 Å². The monoisotopic (exact) mass is 292 g/mol. The Labute approximate surface area is 125 Å². The second-order valence-corrected chi connectivity index (χ2v) is 7.23. The molecular weight excluding hydrogens is 268 g/mol. The van der Waals surface area contributed by atoms with Crippen molar-refractivity contribution in [1.82, 2.24) is 10.6 Å². The normalized spacial score (nSPS) is 23.2. The minimum atomic E-state index is 0.125. The van der Waals surface area contributed by atoms with Crippen molar-refractivity contribution < 1.29 is 4.79 Å². The van der Waals surface area contributed by atoms with Gasteiger partial charge in [-0.3, -0.25) is 4.79 Å². The first kappa shape index (κ1) is 14.1. The molecule has 1 amide bonds. The van der Waals surface area contributed by atoms with Crippen molar-refractivity contribution in [2.75, 3.05) is 13.1 Å². The van der Waals surface area contributed by atoms with E-state index in [9.17, 15) is 4.79 Å². The fourth-order valence-electron chi connectivity index (χ4n) is 3.34. The van der Waals surface area contributed by atoms with Gasteiger partial charge in [0.25, 0.3) is 0 Å². The van der Waals surface area contributed by atoms with Gasteiger partial charge >= 0.3 is 0 Å². The Morgan fingerprint density at radius 3 is 2.65 bits per heavy atom. The number of carbonyl (C=O) groups is 1. The third-order valence-corrected chi connectivity index (χ3v) is 5.91. The SMILES string of the molecule is CC(C(=O)NC(c1cccs1)C1CCCC1)C1CNC1. The molecule has 1 saturated carbocycles. The second kappa shape index (κ2) is 6.27. The first-order valence-electron chi connectivity index (χ1n) is 7.80. The summed E-state index contributed by atoms with van der Waals surface area (Å²) in [6, 6.07) is 4.50. The maximum absolute atomic E-state index is 12.5. The van der Waals surface area contributed by atoms with Gasteiger partial charge in [0, 0.05) is 10.8 Å². The van der Waals surface area contributed by atoms with E-state index < -0.39 is 0 Å². The van der Waals surface area contributed by atoms with Crippen LogP contribution < -0.4 is 10.6 Å². The van der Waals surface area contributed by atoms with Crippen LogP contribution in [-0.4, -0.2) is 19.0 Å². The molecule has 1 aromatic heterocycles. The predicted molar refractivity (Wildman–Crippen MR) is 82.7 cm³/mol. The smallest absolute Gasteiger partial charge is 0.223 e. The number of carbonyl (C=O) groups excluding carboxylic acids is 1. The van der Waals surface area contributed by atoms with Crippen LogP contribution in [0.3, 0.4) is 0 Å². The van der Waals surface area contributed by atoms with Crippen LogP contribution in [0.2, 0.25) is 0 Å². The number of rotatable bonds is 5. The van der Waals surface area contributed by atoms with Crippen LogP contribution in [0.15, 0.2) is 17.5 Å². The summed E-state index contributed by atoms with van der Waals surface area (Å²) in [5.41, 5.74) is 0. The van der Waals surface area contributed by atoms with Crippen LogP contribution in [-0.2, 0) is 4.79 Å². The van der Waals surface area contributed by atoms with Gasteiger partial charge in [0.2, 0.25) is 5.91 Å². The molecule has 2 atom stereocenters. The van der Waals surface area contributed by atoms with Crippen molar-refractivity contribution >= 4 is 17.2 Å². The minimum absolute atomic E-state index is 0.125. The summed E-state index contributed by atoms with van der Waals surface area (Å²) < 4.78 is 0. The van der Waals surface area contributed by atoms with Crippen LogP contribution in [0.25, 0.3) is 0 Å². The van der Waals surface area contributed by atoms with Gasteiger partial charge in [0.15, 0.2) is 0 Å². The largest absolute Gasteiger partial charge is 0.348 e. The molecule has 1 aliphatic heterocycles. The molecule has 4 heteroatoms. The van der Waals surface area contributed by atoms with Gasteiger partial charge in [-0.2, -0.15) is 0 Å². The molecule has 0 bridgehead atoms. The molecule has 0 radical (unpaired) electrons. The summed E-state index contributed by atoms with van der Waals surface area (Å²) >= 11 is 1.77. The Morgan fingerprint density at radius 1 is 1.35 bits per heavy atom. The Balaban J connectivity index is 1.67. The molecule has 2 N–H and O–H groups in total. The highest BCUT2D eigenvalue weighted by Gasteiger charge is 2.33. The van der Waals surface area contributed by atoms with Crippen molar-refractivity contribution in [2.45, 2.75) is 38.6 Å². The summed E-state index contributed by atoms with van der Waals surface area (Å²) in [6.45, 7) is 4.05. The van der Waals surface area contributed by atoms with Crippen molar-refractivity contribution in [3.05, 3.63) is 22.4 Å². The number of hydrogen-bond acceptors (Lipinski definition) is 3. The summed E-state index contributed by atoms with van der Waals surface area (Å²) in [4.78, 5) is 13.8. The van der Waals surface area contributed by atoms with E-state index in [1.807, 2.05) is 0 Å². The van der Waals surface area contributed by atoms with Crippen LogP contribution in [0, 0.1) is 17.8 Å². The number of amides is 1. The van der Waals surface area contributed by atoms with Crippen LogP contribution in [0.1, 0.15) is 43.5 Å². The van der Waals surface area contributed by atoms with Gasteiger partial charge in [0.1, 0.15) is 0 Å². The maximum atomic E-state index is 12.5. The second-order valence-electron chi connectivity index (χ2n) is 6.25. The van der Waals surface area contributed by atoms with Gasteiger partial charge in [-0.1, -0.05) is 25.8 Å². The van der Waals surface area contributed by atoms with Crippen molar-refractivity contribution in [1.29, 1.82) is 0 Å². The number of hydrogen-bond donors (Lipinski definition) is 2. The molecule has 2 fully saturated rings. The fourth-order valence-corrected chi connectivity index (χ4v) is 4.21. The maximum Gasteiger partial charge on any atom is 0.223 e. The Kier molecular flexibility index (Phi) is 4.41. The summed E-state index contributed by atoms with van der Waals surface area (Å²) in [7, 11) is 0. The van der Waals surface area contributed by atoms with Crippen molar-refractivity contribution in [2.24, 2.45) is 17.8 Å². The topological polar surface area (TPSA) is 41.1 Å². The van der Waals surface area contributed by atoms with E-state index in [0.717, 1.165) is 13.1 Å². The number of nitrogens with one attached hydrogen (secondary N) is 2.